The Hall–Kier alpha value is -0.650. The number of carbonyl (C=O) groups excluding carboxylic acids is 1. The van der Waals surface area contributed by atoms with Crippen LogP contribution in [-0.2, 0) is 9.53 Å². The molecule has 0 rings (SSSR count). The molecule has 0 heterocycles. The number of likely N-dealkylation sites (N-methyl/N-ethyl adjacent to an activating group) is 2. The van der Waals surface area contributed by atoms with Crippen molar-refractivity contribution in [3.05, 3.63) is 0 Å². The number of aliphatic hydroxyl groups excluding tert-OH is 1. The number of quaternary nitrogens is 2. The second kappa shape index (κ2) is 8.44. The quantitative estimate of drug-likeness (QED) is 0.549. The van der Waals surface area contributed by atoms with Crippen molar-refractivity contribution >= 4 is 5.97 Å². The van der Waals surface area contributed by atoms with Crippen LogP contribution in [0.3, 0.4) is 0 Å². The molecule has 5 nitrogen and oxygen atoms in total. The largest absolute Gasteiger partial charge is 0.460 e. The number of rotatable bonds is 5. The maximum absolute atomic E-state index is 10.3. The summed E-state index contributed by atoms with van der Waals surface area (Å²) in [7, 11) is 12.3. The smallest absolute Gasteiger partial charge is 0.302 e. The highest BCUT2D eigenvalue weighted by atomic mass is 16.5. The van der Waals surface area contributed by atoms with Crippen molar-refractivity contribution in [3.63, 3.8) is 0 Å². The Balaban J connectivity index is 0. The van der Waals surface area contributed by atoms with Crippen LogP contribution in [0, 0.1) is 0 Å². The van der Waals surface area contributed by atoms with Crippen molar-refractivity contribution in [3.8, 4) is 0 Å². The van der Waals surface area contributed by atoms with Crippen LogP contribution in [0.4, 0.5) is 0 Å². The second-order valence-electron chi connectivity index (χ2n) is 6.09. The molecule has 0 aromatic carbocycles. The zero-order valence-corrected chi connectivity index (χ0v) is 12.5. The van der Waals surface area contributed by atoms with Gasteiger partial charge < -0.3 is 18.8 Å². The zero-order valence-electron chi connectivity index (χ0n) is 12.5. The predicted molar refractivity (Wildman–Crippen MR) is 69.5 cm³/mol. The average Bonchev–Trinajstić information content (AvgIpc) is 1.98. The van der Waals surface area contributed by atoms with Crippen molar-refractivity contribution in [2.75, 3.05) is 68.6 Å². The lowest BCUT2D eigenvalue weighted by Gasteiger charge is -2.23. The van der Waals surface area contributed by atoms with Gasteiger partial charge >= 0.3 is 5.97 Å². The molecule has 0 fully saturated rings. The number of hydrogen-bond donors (Lipinski definition) is 1. The van der Waals surface area contributed by atoms with Gasteiger partial charge in [-0.15, -0.1) is 0 Å². The van der Waals surface area contributed by atoms with E-state index in [1.165, 1.54) is 6.92 Å². The Labute approximate surface area is 106 Å². The molecule has 0 radical (unpaired) electrons. The van der Waals surface area contributed by atoms with Crippen LogP contribution in [0.15, 0.2) is 0 Å². The lowest BCUT2D eigenvalue weighted by atomic mass is 10.5. The molecule has 0 saturated heterocycles. The molecule has 0 aromatic heterocycles. The lowest BCUT2D eigenvalue weighted by molar-refractivity contribution is -0.870. The van der Waals surface area contributed by atoms with E-state index in [0.29, 0.717) is 6.61 Å². The molecule has 0 amide bonds. The molecule has 0 aliphatic heterocycles. The standard InChI is InChI=1S/C7H16NO2.C5H14NO/c1-7(9)10-6-5-8(2,3)4;1-6(2,3)4-5-7/h5-6H2,1-4H3;7H,4-5H2,1-3H3/q2*+1. The molecule has 0 aromatic rings. The van der Waals surface area contributed by atoms with Crippen molar-refractivity contribution < 1.29 is 23.6 Å². The van der Waals surface area contributed by atoms with Crippen molar-refractivity contribution in [2.45, 2.75) is 6.92 Å². The van der Waals surface area contributed by atoms with E-state index in [-0.39, 0.29) is 12.6 Å². The minimum absolute atomic E-state index is 0.201. The van der Waals surface area contributed by atoms with Crippen LogP contribution in [0.25, 0.3) is 0 Å². The summed E-state index contributed by atoms with van der Waals surface area (Å²) in [6.45, 7) is 3.91. The SMILES string of the molecule is CC(=O)OCC[N+](C)(C)C.C[N+](C)(C)CCO. The Morgan fingerprint density at radius 1 is 1.00 bits per heavy atom. The van der Waals surface area contributed by atoms with E-state index in [4.69, 9.17) is 9.84 Å². The van der Waals surface area contributed by atoms with Gasteiger partial charge in [0.1, 0.15) is 19.7 Å². The van der Waals surface area contributed by atoms with Gasteiger partial charge in [-0.2, -0.15) is 0 Å². The van der Waals surface area contributed by atoms with E-state index < -0.39 is 0 Å². The van der Waals surface area contributed by atoms with E-state index in [9.17, 15) is 4.79 Å². The van der Waals surface area contributed by atoms with Gasteiger partial charge in [0, 0.05) is 6.92 Å². The molecule has 17 heavy (non-hydrogen) atoms. The summed E-state index contributed by atoms with van der Waals surface area (Å²) in [6.07, 6.45) is 0. The molecular formula is C12H30N2O3+2. The summed E-state index contributed by atoms with van der Waals surface area (Å²) in [5, 5.41) is 8.39. The van der Waals surface area contributed by atoms with Crippen LogP contribution < -0.4 is 0 Å². The Morgan fingerprint density at radius 3 is 1.59 bits per heavy atom. The van der Waals surface area contributed by atoms with Gasteiger partial charge in [0.2, 0.25) is 0 Å². The maximum atomic E-state index is 10.3. The van der Waals surface area contributed by atoms with Gasteiger partial charge in [-0.3, -0.25) is 4.79 Å². The maximum Gasteiger partial charge on any atom is 0.302 e. The minimum Gasteiger partial charge on any atom is -0.460 e. The average molecular weight is 250 g/mol. The highest BCUT2D eigenvalue weighted by Gasteiger charge is 2.06. The molecule has 0 aliphatic carbocycles. The van der Waals surface area contributed by atoms with Gasteiger partial charge in [-0.1, -0.05) is 0 Å². The third-order valence-electron chi connectivity index (χ3n) is 1.84. The Bertz CT molecular complexity index is 205. The van der Waals surface area contributed by atoms with E-state index in [1.807, 2.05) is 0 Å². The van der Waals surface area contributed by atoms with E-state index in [2.05, 4.69) is 42.3 Å². The molecular weight excluding hydrogens is 220 g/mol. The fraction of sp³-hybridized carbons (Fsp3) is 0.917. The zero-order chi connectivity index (χ0) is 14.1. The van der Waals surface area contributed by atoms with Gasteiger partial charge in [0.15, 0.2) is 0 Å². The monoisotopic (exact) mass is 250 g/mol. The summed E-state index contributed by atoms with van der Waals surface area (Å²) in [5.74, 6) is -0.201. The predicted octanol–water partition coefficient (Wildman–Crippen LogP) is -0.0594. The van der Waals surface area contributed by atoms with Crippen molar-refractivity contribution in [2.24, 2.45) is 0 Å². The summed E-state index contributed by atoms with van der Waals surface area (Å²) in [6, 6.07) is 0. The van der Waals surface area contributed by atoms with E-state index in [0.717, 1.165) is 22.1 Å². The van der Waals surface area contributed by atoms with Gasteiger partial charge in [0.05, 0.1) is 48.9 Å². The fourth-order valence-corrected chi connectivity index (χ4v) is 0.763. The molecule has 0 saturated carbocycles. The molecule has 0 atom stereocenters. The molecule has 104 valence electrons. The number of ether oxygens (including phenoxy) is 1. The van der Waals surface area contributed by atoms with Crippen LogP contribution in [0.1, 0.15) is 6.92 Å². The van der Waals surface area contributed by atoms with E-state index >= 15 is 0 Å². The Morgan fingerprint density at radius 2 is 1.41 bits per heavy atom. The fourth-order valence-electron chi connectivity index (χ4n) is 0.763. The van der Waals surface area contributed by atoms with E-state index in [1.54, 1.807) is 0 Å². The van der Waals surface area contributed by atoms with Gasteiger partial charge in [-0.05, 0) is 0 Å². The lowest BCUT2D eigenvalue weighted by Crippen LogP contribution is -2.37. The number of aliphatic hydroxyl groups is 1. The van der Waals surface area contributed by atoms with Gasteiger partial charge in [-0.25, -0.2) is 0 Å². The normalized spacial score (nSPS) is 11.5. The summed E-state index contributed by atoms with van der Waals surface area (Å²) >= 11 is 0. The number of esters is 1. The minimum atomic E-state index is -0.201. The first-order valence-corrected chi connectivity index (χ1v) is 5.83. The number of hydrogen-bond acceptors (Lipinski definition) is 3. The summed E-state index contributed by atoms with van der Waals surface area (Å²) in [4.78, 5) is 10.3. The first-order chi connectivity index (χ1) is 7.48. The number of nitrogens with zero attached hydrogens (tertiary/aromatic N) is 2. The number of carbonyl (C=O) groups is 1. The molecule has 0 unspecified atom stereocenters. The Kier molecular flexibility index (Phi) is 9.29. The molecule has 0 spiro atoms. The van der Waals surface area contributed by atoms with Crippen molar-refractivity contribution in [1.82, 2.24) is 0 Å². The first kappa shape index (κ1) is 18.7. The molecule has 0 bridgehead atoms. The van der Waals surface area contributed by atoms with Crippen LogP contribution in [0.5, 0.6) is 0 Å². The third-order valence-corrected chi connectivity index (χ3v) is 1.84. The summed E-state index contributed by atoms with van der Waals surface area (Å²) < 4.78 is 6.43. The highest BCUT2D eigenvalue weighted by molar-refractivity contribution is 5.65. The van der Waals surface area contributed by atoms with Crippen LogP contribution in [0.2, 0.25) is 0 Å². The molecule has 5 heteroatoms. The highest BCUT2D eigenvalue weighted by Crippen LogP contribution is 1.89. The topological polar surface area (TPSA) is 46.5 Å². The third kappa shape index (κ3) is 25.5. The first-order valence-electron chi connectivity index (χ1n) is 5.83. The molecule has 0 aliphatic rings. The van der Waals surface area contributed by atoms with Crippen LogP contribution >= 0.6 is 0 Å². The van der Waals surface area contributed by atoms with Crippen LogP contribution in [-0.4, -0.2) is 88.6 Å². The van der Waals surface area contributed by atoms with Crippen molar-refractivity contribution in [1.29, 1.82) is 0 Å². The van der Waals surface area contributed by atoms with Gasteiger partial charge in [0.25, 0.3) is 0 Å². The second-order valence-corrected chi connectivity index (χ2v) is 6.09. The molecule has 1 N–H and O–H groups in total. The summed E-state index contributed by atoms with van der Waals surface area (Å²) in [5.41, 5.74) is 0.